The molecule has 0 spiro atoms. The van der Waals surface area contributed by atoms with Crippen LogP contribution in [0.25, 0.3) is 11.1 Å². The molecule has 0 aromatic heterocycles. The van der Waals surface area contributed by atoms with E-state index >= 15 is 0 Å². The molecule has 122 valence electrons. The fourth-order valence-electron chi connectivity index (χ4n) is 3.20. The monoisotopic (exact) mass is 329 g/mol. The molecule has 0 amide bonds. The van der Waals surface area contributed by atoms with Gasteiger partial charge in [0.25, 0.3) is 0 Å². The van der Waals surface area contributed by atoms with Gasteiger partial charge in [0.05, 0.1) is 0 Å². The van der Waals surface area contributed by atoms with E-state index in [0.29, 0.717) is 11.6 Å². The van der Waals surface area contributed by atoms with E-state index in [0.717, 1.165) is 10.5 Å². The molecule has 2 aromatic carbocycles. The van der Waals surface area contributed by atoms with Gasteiger partial charge in [0.1, 0.15) is 5.82 Å². The molecule has 1 aliphatic rings. The number of hydrogen-bond donors (Lipinski definition) is 1. The Balaban J connectivity index is 1.80. The molecule has 0 atom stereocenters. The Morgan fingerprint density at radius 3 is 2.22 bits per heavy atom. The zero-order chi connectivity index (χ0) is 16.3. The predicted molar refractivity (Wildman–Crippen MR) is 102 cm³/mol. The molecular weight excluding hydrogens is 305 g/mol. The highest BCUT2D eigenvalue weighted by atomic mass is 32.2. The van der Waals surface area contributed by atoms with Crippen LogP contribution < -0.4 is 4.72 Å². The molecular formula is C20H24FNS. The van der Waals surface area contributed by atoms with Crippen molar-refractivity contribution in [2.24, 2.45) is 0 Å². The molecule has 2 aromatic rings. The molecule has 0 aliphatic heterocycles. The first-order valence-corrected chi connectivity index (χ1v) is 10.1. The van der Waals surface area contributed by atoms with Crippen LogP contribution in [0.4, 0.5) is 4.39 Å². The predicted octanol–water partition coefficient (Wildman–Crippen LogP) is 5.36. The number of rotatable bonds is 4. The van der Waals surface area contributed by atoms with E-state index in [1.54, 1.807) is 12.1 Å². The lowest BCUT2D eigenvalue weighted by molar-refractivity contribution is 0.423. The molecule has 0 heterocycles. The lowest BCUT2D eigenvalue weighted by Gasteiger charge is -2.28. The van der Waals surface area contributed by atoms with Crippen molar-refractivity contribution in [2.75, 3.05) is 0 Å². The minimum absolute atomic E-state index is 0.191. The van der Waals surface area contributed by atoms with Gasteiger partial charge in [-0.15, -0.1) is 9.39 Å². The molecule has 3 rings (SSSR count). The van der Waals surface area contributed by atoms with Crippen molar-refractivity contribution in [3.63, 3.8) is 0 Å². The Hall–Kier alpha value is -1.58. The van der Waals surface area contributed by atoms with E-state index in [-0.39, 0.29) is 5.82 Å². The van der Waals surface area contributed by atoms with Gasteiger partial charge < -0.3 is 0 Å². The summed E-state index contributed by atoms with van der Waals surface area (Å²) in [7, 11) is -1.51. The third-order valence-electron chi connectivity index (χ3n) is 4.49. The average Bonchev–Trinajstić information content (AvgIpc) is 2.56. The highest BCUT2D eigenvalue weighted by Gasteiger charge is 2.15. The van der Waals surface area contributed by atoms with E-state index in [4.69, 9.17) is 0 Å². The van der Waals surface area contributed by atoms with E-state index < -0.39 is 9.39 Å². The van der Waals surface area contributed by atoms with Gasteiger partial charge in [0, 0.05) is 16.5 Å². The maximum atomic E-state index is 13.9. The Morgan fingerprint density at radius 1 is 0.913 bits per heavy atom. The lowest BCUT2D eigenvalue weighted by atomic mass is 9.96. The summed E-state index contributed by atoms with van der Waals surface area (Å²) in [6, 6.07) is 15.4. The molecule has 1 nitrogen and oxygen atoms in total. The molecule has 1 saturated carbocycles. The Morgan fingerprint density at radius 2 is 1.57 bits per heavy atom. The molecule has 0 radical (unpaired) electrons. The summed E-state index contributed by atoms with van der Waals surface area (Å²) in [5, 5.41) is 0. The first kappa shape index (κ1) is 16.3. The maximum Gasteiger partial charge on any atom is 0.131 e. The molecule has 1 fully saturated rings. The molecule has 23 heavy (non-hydrogen) atoms. The topological polar surface area (TPSA) is 12.0 Å². The first-order chi connectivity index (χ1) is 11.1. The minimum Gasteiger partial charge on any atom is -0.268 e. The third kappa shape index (κ3) is 3.85. The molecule has 1 aliphatic carbocycles. The van der Waals surface area contributed by atoms with Crippen molar-refractivity contribution in [2.45, 2.75) is 43.0 Å². The fraction of sp³-hybridized carbons (Fsp3) is 0.300. The largest absolute Gasteiger partial charge is 0.268 e. The van der Waals surface area contributed by atoms with Crippen molar-refractivity contribution >= 4 is 21.1 Å². The summed E-state index contributed by atoms with van der Waals surface area (Å²) in [6.45, 7) is 0. The normalized spacial score (nSPS) is 16.4. The molecule has 0 unspecified atom stereocenters. The van der Waals surface area contributed by atoms with Crippen LogP contribution in [0.1, 0.15) is 32.1 Å². The van der Waals surface area contributed by atoms with Crippen LogP contribution >= 0.6 is 9.39 Å². The lowest BCUT2D eigenvalue weighted by Crippen LogP contribution is -2.28. The summed E-state index contributed by atoms with van der Waals surface area (Å²) in [5.41, 5.74) is 1.52. The van der Waals surface area contributed by atoms with Gasteiger partial charge in [-0.3, -0.25) is 4.72 Å². The zero-order valence-corrected chi connectivity index (χ0v) is 14.2. The number of benzene rings is 2. The van der Waals surface area contributed by atoms with Gasteiger partial charge in [0.2, 0.25) is 0 Å². The quantitative estimate of drug-likeness (QED) is 0.745. The van der Waals surface area contributed by atoms with Crippen LogP contribution in [-0.2, 0) is 0 Å². The zero-order valence-electron chi connectivity index (χ0n) is 13.4. The van der Waals surface area contributed by atoms with Crippen molar-refractivity contribution < 1.29 is 4.39 Å². The van der Waals surface area contributed by atoms with Crippen molar-refractivity contribution in [3.8, 4) is 11.1 Å². The van der Waals surface area contributed by atoms with Crippen LogP contribution in [0, 0.1) is 5.82 Å². The first-order valence-electron chi connectivity index (χ1n) is 8.18. The smallest absolute Gasteiger partial charge is 0.131 e. The number of nitrogens with one attached hydrogen (secondary N) is 1. The minimum atomic E-state index is -1.51. The SMILES string of the molecule is C=S(=C)(NC1CCCCC1)c1ccc(-c2ccccc2F)cc1. The summed E-state index contributed by atoms with van der Waals surface area (Å²) in [5.74, 6) is 8.49. The molecule has 3 heteroatoms. The van der Waals surface area contributed by atoms with Gasteiger partial charge in [0.15, 0.2) is 0 Å². The van der Waals surface area contributed by atoms with E-state index in [9.17, 15) is 4.39 Å². The van der Waals surface area contributed by atoms with Gasteiger partial charge in [-0.1, -0.05) is 61.3 Å². The summed E-state index contributed by atoms with van der Waals surface area (Å²) >= 11 is 0. The number of hydrogen-bond acceptors (Lipinski definition) is 1. The van der Waals surface area contributed by atoms with E-state index in [1.807, 2.05) is 30.3 Å². The molecule has 0 saturated heterocycles. The van der Waals surface area contributed by atoms with Crippen molar-refractivity contribution in [3.05, 3.63) is 54.3 Å². The average molecular weight is 329 g/mol. The van der Waals surface area contributed by atoms with Gasteiger partial charge in [-0.2, -0.15) is 0 Å². The van der Waals surface area contributed by atoms with Crippen molar-refractivity contribution in [1.29, 1.82) is 0 Å². The number of halogens is 1. The van der Waals surface area contributed by atoms with E-state index in [1.165, 1.54) is 38.2 Å². The highest BCUT2D eigenvalue weighted by Crippen LogP contribution is 2.33. The summed E-state index contributed by atoms with van der Waals surface area (Å²) in [4.78, 5) is 1.11. The van der Waals surface area contributed by atoms with Crippen LogP contribution in [0.2, 0.25) is 0 Å². The van der Waals surface area contributed by atoms with Crippen LogP contribution in [0.5, 0.6) is 0 Å². The van der Waals surface area contributed by atoms with Gasteiger partial charge in [-0.25, -0.2) is 4.39 Å². The molecule has 0 bridgehead atoms. The second kappa shape index (κ2) is 6.90. The van der Waals surface area contributed by atoms with Gasteiger partial charge >= 0.3 is 0 Å². The molecule has 1 N–H and O–H groups in total. The van der Waals surface area contributed by atoms with E-state index in [2.05, 4.69) is 16.5 Å². The second-order valence-corrected chi connectivity index (χ2v) is 8.81. The van der Waals surface area contributed by atoms with Crippen molar-refractivity contribution in [1.82, 2.24) is 4.72 Å². The van der Waals surface area contributed by atoms with Crippen LogP contribution in [0.3, 0.4) is 0 Å². The van der Waals surface area contributed by atoms with Crippen LogP contribution in [0.15, 0.2) is 53.4 Å². The highest BCUT2D eigenvalue weighted by molar-refractivity contribution is 8.26. The fourth-order valence-corrected chi connectivity index (χ4v) is 4.86. The second-order valence-electron chi connectivity index (χ2n) is 6.34. The maximum absolute atomic E-state index is 13.9. The third-order valence-corrected chi connectivity index (χ3v) is 6.45. The standard InChI is InChI=1S/C20H24FNS/c1-23(2,22-17-8-4-3-5-9-17)18-14-12-16(13-15-18)19-10-6-7-11-20(19)21/h6-7,10-15,17,22H,1-5,8-9H2. The van der Waals surface area contributed by atoms with Crippen LogP contribution in [-0.4, -0.2) is 17.8 Å². The summed E-state index contributed by atoms with van der Waals surface area (Å²) < 4.78 is 17.6. The summed E-state index contributed by atoms with van der Waals surface area (Å²) in [6.07, 6.45) is 6.35. The van der Waals surface area contributed by atoms with Gasteiger partial charge in [-0.05, 0) is 36.6 Å². The Bertz CT molecular complexity index is 756. The Labute approximate surface area is 139 Å². The Kier molecular flexibility index (Phi) is 4.88.